The smallest absolute Gasteiger partial charge is 0.228 e. The molecule has 0 bridgehead atoms. The first-order chi connectivity index (χ1) is 9.60. The van der Waals surface area contributed by atoms with E-state index < -0.39 is 0 Å². The van der Waals surface area contributed by atoms with Gasteiger partial charge in [0.15, 0.2) is 0 Å². The number of aromatic nitrogens is 2. The minimum absolute atomic E-state index is 0.340. The van der Waals surface area contributed by atoms with Crippen molar-refractivity contribution in [3.8, 4) is 11.4 Å². The molecule has 0 spiro atoms. The molecule has 5 heteroatoms. The van der Waals surface area contributed by atoms with E-state index in [4.69, 9.17) is 16.1 Å². The van der Waals surface area contributed by atoms with E-state index in [2.05, 4.69) is 36.2 Å². The van der Waals surface area contributed by atoms with E-state index in [-0.39, 0.29) is 0 Å². The van der Waals surface area contributed by atoms with E-state index in [1.165, 1.54) is 0 Å². The molecule has 2 aromatic rings. The topological polar surface area (TPSA) is 51.0 Å². The molecule has 1 aromatic carbocycles. The predicted molar refractivity (Wildman–Crippen MR) is 80.8 cm³/mol. The van der Waals surface area contributed by atoms with Crippen LogP contribution in [0.25, 0.3) is 11.4 Å². The van der Waals surface area contributed by atoms with Crippen LogP contribution < -0.4 is 5.32 Å². The van der Waals surface area contributed by atoms with Crippen molar-refractivity contribution in [2.45, 2.75) is 33.2 Å². The molecule has 4 nitrogen and oxygen atoms in total. The molecule has 0 aliphatic rings. The fraction of sp³-hybridized carbons (Fsp3) is 0.467. The maximum atomic E-state index is 5.97. The summed E-state index contributed by atoms with van der Waals surface area (Å²) >= 11 is 5.97. The highest BCUT2D eigenvalue weighted by Gasteiger charge is 2.17. The van der Waals surface area contributed by atoms with Crippen molar-refractivity contribution in [2.75, 3.05) is 6.54 Å². The van der Waals surface area contributed by atoms with Crippen LogP contribution >= 0.6 is 11.6 Å². The second-order valence-corrected chi connectivity index (χ2v) is 5.57. The van der Waals surface area contributed by atoms with Crippen LogP contribution in [-0.2, 0) is 6.42 Å². The van der Waals surface area contributed by atoms with Crippen LogP contribution in [0.5, 0.6) is 0 Å². The summed E-state index contributed by atoms with van der Waals surface area (Å²) in [6, 6.07) is 7.80. The quantitative estimate of drug-likeness (QED) is 0.884. The zero-order valence-corrected chi connectivity index (χ0v) is 12.8. The molecule has 108 valence electrons. The molecule has 0 radical (unpaired) electrons. The number of benzene rings is 1. The van der Waals surface area contributed by atoms with E-state index in [0.29, 0.717) is 28.7 Å². The lowest BCUT2D eigenvalue weighted by Crippen LogP contribution is -2.35. The number of nitrogens with one attached hydrogen (secondary N) is 1. The van der Waals surface area contributed by atoms with E-state index in [1.54, 1.807) is 0 Å². The van der Waals surface area contributed by atoms with Gasteiger partial charge in [0.2, 0.25) is 11.7 Å². The van der Waals surface area contributed by atoms with Crippen LogP contribution in [0.1, 0.15) is 26.7 Å². The van der Waals surface area contributed by atoms with Crippen molar-refractivity contribution in [3.05, 3.63) is 35.2 Å². The Balaban J connectivity index is 2.12. The highest BCUT2D eigenvalue weighted by molar-refractivity contribution is 6.30. The Labute approximate surface area is 124 Å². The van der Waals surface area contributed by atoms with E-state index in [9.17, 15) is 0 Å². The van der Waals surface area contributed by atoms with Gasteiger partial charge in [0.05, 0.1) is 0 Å². The van der Waals surface area contributed by atoms with Crippen molar-refractivity contribution in [1.29, 1.82) is 0 Å². The molecule has 1 unspecified atom stereocenters. The average Bonchev–Trinajstić information content (AvgIpc) is 2.87. The van der Waals surface area contributed by atoms with Gasteiger partial charge in [-0.25, -0.2) is 0 Å². The first-order valence-electron chi connectivity index (χ1n) is 6.92. The van der Waals surface area contributed by atoms with Gasteiger partial charge >= 0.3 is 0 Å². The van der Waals surface area contributed by atoms with Crippen LogP contribution in [-0.4, -0.2) is 22.7 Å². The molecular weight excluding hydrogens is 274 g/mol. The zero-order chi connectivity index (χ0) is 14.5. The van der Waals surface area contributed by atoms with Gasteiger partial charge in [-0.15, -0.1) is 0 Å². The first-order valence-corrected chi connectivity index (χ1v) is 7.30. The molecule has 0 aliphatic carbocycles. The Hall–Kier alpha value is -1.39. The molecule has 0 saturated carbocycles. The van der Waals surface area contributed by atoms with Crippen molar-refractivity contribution in [3.63, 3.8) is 0 Å². The van der Waals surface area contributed by atoms with Crippen LogP contribution in [0.4, 0.5) is 0 Å². The van der Waals surface area contributed by atoms with Crippen LogP contribution in [0.15, 0.2) is 28.8 Å². The van der Waals surface area contributed by atoms with Crippen LogP contribution in [0, 0.1) is 5.92 Å². The highest BCUT2D eigenvalue weighted by atomic mass is 35.5. The van der Waals surface area contributed by atoms with Gasteiger partial charge < -0.3 is 9.84 Å². The van der Waals surface area contributed by atoms with Crippen LogP contribution in [0.3, 0.4) is 0 Å². The molecule has 2 rings (SSSR count). The van der Waals surface area contributed by atoms with E-state index in [1.807, 2.05) is 24.3 Å². The number of hydrogen-bond donors (Lipinski definition) is 1. The molecule has 1 heterocycles. The third kappa shape index (κ3) is 3.81. The number of halogens is 1. The second-order valence-electron chi connectivity index (χ2n) is 5.13. The minimum Gasteiger partial charge on any atom is -0.339 e. The van der Waals surface area contributed by atoms with Gasteiger partial charge in [0.25, 0.3) is 0 Å². The lowest BCUT2D eigenvalue weighted by molar-refractivity contribution is 0.329. The lowest BCUT2D eigenvalue weighted by atomic mass is 10.0. The third-order valence-corrected chi connectivity index (χ3v) is 3.45. The maximum Gasteiger partial charge on any atom is 0.228 e. The summed E-state index contributed by atoms with van der Waals surface area (Å²) in [5.41, 5.74) is 0.872. The molecule has 0 amide bonds. The summed E-state index contributed by atoms with van der Waals surface area (Å²) in [4.78, 5) is 4.45. The standard InChI is InChI=1S/C15H20ClN3O/c1-4-17-13(10(2)3)9-14-18-15(19-20-14)11-6-5-7-12(16)8-11/h5-8,10,13,17H,4,9H2,1-3H3. The fourth-order valence-electron chi connectivity index (χ4n) is 2.08. The normalized spacial score (nSPS) is 12.8. The van der Waals surface area contributed by atoms with E-state index in [0.717, 1.165) is 18.5 Å². The maximum absolute atomic E-state index is 5.97. The molecule has 1 aromatic heterocycles. The summed E-state index contributed by atoms with van der Waals surface area (Å²) in [5.74, 6) is 1.75. The number of nitrogens with zero attached hydrogens (tertiary/aromatic N) is 2. The average molecular weight is 294 g/mol. The number of likely N-dealkylation sites (N-methyl/N-ethyl adjacent to an activating group) is 1. The van der Waals surface area contributed by atoms with Crippen molar-refractivity contribution >= 4 is 11.6 Å². The summed E-state index contributed by atoms with van der Waals surface area (Å²) in [7, 11) is 0. The fourth-order valence-corrected chi connectivity index (χ4v) is 2.27. The molecule has 20 heavy (non-hydrogen) atoms. The van der Waals surface area contributed by atoms with Crippen LogP contribution in [0.2, 0.25) is 5.02 Å². The summed E-state index contributed by atoms with van der Waals surface area (Å²) in [6.45, 7) is 7.39. The number of hydrogen-bond acceptors (Lipinski definition) is 4. The SMILES string of the molecule is CCNC(Cc1nc(-c2cccc(Cl)c2)no1)C(C)C. The molecule has 0 fully saturated rings. The minimum atomic E-state index is 0.340. The first kappa shape index (κ1) is 15.0. The molecule has 1 N–H and O–H groups in total. The van der Waals surface area contributed by atoms with Gasteiger partial charge in [-0.3, -0.25) is 0 Å². The Morgan fingerprint density at radius 1 is 1.35 bits per heavy atom. The summed E-state index contributed by atoms with van der Waals surface area (Å²) in [6.07, 6.45) is 0.735. The monoisotopic (exact) mass is 293 g/mol. The summed E-state index contributed by atoms with van der Waals surface area (Å²) < 4.78 is 5.34. The second kappa shape index (κ2) is 6.86. The van der Waals surface area contributed by atoms with Gasteiger partial charge in [0.1, 0.15) is 0 Å². The predicted octanol–water partition coefficient (Wildman–Crippen LogP) is 3.57. The molecule has 0 aliphatic heterocycles. The van der Waals surface area contributed by atoms with E-state index >= 15 is 0 Å². The van der Waals surface area contributed by atoms with Crippen molar-refractivity contribution < 1.29 is 4.52 Å². The van der Waals surface area contributed by atoms with Gasteiger partial charge in [-0.1, -0.05) is 49.7 Å². The Morgan fingerprint density at radius 2 is 2.15 bits per heavy atom. The molecule has 0 saturated heterocycles. The molecular formula is C15H20ClN3O. The van der Waals surface area contributed by atoms with Gasteiger partial charge in [-0.2, -0.15) is 4.98 Å². The highest BCUT2D eigenvalue weighted by Crippen LogP contribution is 2.20. The van der Waals surface area contributed by atoms with Gasteiger partial charge in [0, 0.05) is 23.0 Å². The third-order valence-electron chi connectivity index (χ3n) is 3.22. The summed E-state index contributed by atoms with van der Waals surface area (Å²) in [5, 5.41) is 8.14. The zero-order valence-electron chi connectivity index (χ0n) is 12.1. The lowest BCUT2D eigenvalue weighted by Gasteiger charge is -2.19. The number of rotatable bonds is 6. The van der Waals surface area contributed by atoms with Gasteiger partial charge in [-0.05, 0) is 24.6 Å². The Bertz CT molecular complexity index is 554. The Morgan fingerprint density at radius 3 is 2.80 bits per heavy atom. The largest absolute Gasteiger partial charge is 0.339 e. The molecule has 1 atom stereocenters. The van der Waals surface area contributed by atoms with Crippen molar-refractivity contribution in [1.82, 2.24) is 15.5 Å². The van der Waals surface area contributed by atoms with Crippen molar-refractivity contribution in [2.24, 2.45) is 5.92 Å². The Kier molecular flexibility index (Phi) is 5.15.